The molecule has 0 bridgehead atoms. The molecule has 1 aromatic rings. The van der Waals surface area contributed by atoms with Gasteiger partial charge >= 0.3 is 0 Å². The summed E-state index contributed by atoms with van der Waals surface area (Å²) in [4.78, 5) is 0. The second kappa shape index (κ2) is 5.04. The molecule has 0 spiro atoms. The van der Waals surface area contributed by atoms with Gasteiger partial charge in [-0.25, -0.2) is 0 Å². The van der Waals surface area contributed by atoms with Crippen molar-refractivity contribution in [2.24, 2.45) is 0 Å². The number of benzene rings is 1. The van der Waals surface area contributed by atoms with Crippen LogP contribution in [0, 0.1) is 13.8 Å². The van der Waals surface area contributed by atoms with Crippen LogP contribution in [0.1, 0.15) is 25.0 Å². The number of hydrogen-bond donors (Lipinski definition) is 1. The standard InChI is InChI=1S/C8H10ClN.C2H6/c1-5-3-4-7(10)6(2)8(5)9;1-2/h3-4H,10H2,1-2H3;1-2H3. The smallest absolute Gasteiger partial charge is 0.0484 e. The molecule has 0 atom stereocenters. The minimum atomic E-state index is 0.760. The molecule has 0 radical (unpaired) electrons. The van der Waals surface area contributed by atoms with Crippen molar-refractivity contribution in [2.75, 3.05) is 5.73 Å². The first-order valence-electron chi connectivity index (χ1n) is 4.14. The van der Waals surface area contributed by atoms with Crippen molar-refractivity contribution in [1.29, 1.82) is 0 Å². The molecule has 0 unspecified atom stereocenters. The van der Waals surface area contributed by atoms with E-state index in [2.05, 4.69) is 0 Å². The predicted octanol–water partition coefficient (Wildman–Crippen LogP) is 3.57. The van der Waals surface area contributed by atoms with E-state index >= 15 is 0 Å². The minimum Gasteiger partial charge on any atom is -0.398 e. The Balaban J connectivity index is 0.000000561. The van der Waals surface area contributed by atoms with Crippen molar-refractivity contribution in [3.63, 3.8) is 0 Å². The summed E-state index contributed by atoms with van der Waals surface area (Å²) in [5, 5.41) is 0.778. The quantitative estimate of drug-likeness (QED) is 0.615. The zero-order valence-corrected chi connectivity index (χ0v) is 8.87. The van der Waals surface area contributed by atoms with Gasteiger partial charge in [-0.05, 0) is 31.0 Å². The molecular weight excluding hydrogens is 170 g/mol. The molecule has 0 aliphatic carbocycles. The number of aryl methyl sites for hydroxylation is 1. The van der Waals surface area contributed by atoms with Crippen LogP contribution >= 0.6 is 11.6 Å². The zero-order chi connectivity index (χ0) is 9.72. The van der Waals surface area contributed by atoms with Gasteiger partial charge < -0.3 is 5.73 Å². The van der Waals surface area contributed by atoms with Crippen molar-refractivity contribution in [2.45, 2.75) is 27.7 Å². The Kier molecular flexibility index (Phi) is 4.75. The highest BCUT2D eigenvalue weighted by atomic mass is 35.5. The Bertz CT molecular complexity index is 229. The van der Waals surface area contributed by atoms with Crippen LogP contribution in [0.5, 0.6) is 0 Å². The summed E-state index contributed by atoms with van der Waals surface area (Å²) in [6.45, 7) is 7.89. The van der Waals surface area contributed by atoms with Crippen LogP contribution in [0.15, 0.2) is 12.1 Å². The molecule has 0 amide bonds. The predicted molar refractivity (Wildman–Crippen MR) is 56.7 cm³/mol. The van der Waals surface area contributed by atoms with Gasteiger partial charge in [0.2, 0.25) is 0 Å². The third-order valence-corrected chi connectivity index (χ3v) is 2.20. The van der Waals surface area contributed by atoms with Gasteiger partial charge in [0.25, 0.3) is 0 Å². The van der Waals surface area contributed by atoms with Crippen molar-refractivity contribution in [3.8, 4) is 0 Å². The first-order chi connectivity index (χ1) is 5.63. The number of rotatable bonds is 0. The molecular formula is C10H16ClN. The molecule has 1 rings (SSSR count). The minimum absolute atomic E-state index is 0.760. The molecule has 0 heterocycles. The summed E-state index contributed by atoms with van der Waals surface area (Å²) in [5.41, 5.74) is 8.42. The lowest BCUT2D eigenvalue weighted by Crippen LogP contribution is -1.90. The highest BCUT2D eigenvalue weighted by Gasteiger charge is 2.00. The molecule has 0 aromatic heterocycles. The first kappa shape index (κ1) is 11.3. The Labute approximate surface area is 79.5 Å². The lowest BCUT2D eigenvalue weighted by atomic mass is 10.1. The molecule has 2 N–H and O–H groups in total. The van der Waals surface area contributed by atoms with Gasteiger partial charge in [-0.1, -0.05) is 31.5 Å². The second-order valence-corrected chi connectivity index (χ2v) is 2.79. The average molecular weight is 186 g/mol. The number of nitrogens with two attached hydrogens (primary N) is 1. The number of hydrogen-bond acceptors (Lipinski definition) is 1. The van der Waals surface area contributed by atoms with Crippen molar-refractivity contribution in [1.82, 2.24) is 0 Å². The summed E-state index contributed by atoms with van der Waals surface area (Å²) in [6.07, 6.45) is 0. The molecule has 0 aliphatic heterocycles. The Morgan fingerprint density at radius 3 is 2.08 bits per heavy atom. The van der Waals surface area contributed by atoms with Gasteiger partial charge in [0.1, 0.15) is 0 Å². The Hall–Kier alpha value is -0.690. The second-order valence-electron chi connectivity index (χ2n) is 2.41. The van der Waals surface area contributed by atoms with Crippen molar-refractivity contribution >= 4 is 17.3 Å². The lowest BCUT2D eigenvalue weighted by Gasteiger charge is -2.03. The molecule has 0 aliphatic rings. The fourth-order valence-corrected chi connectivity index (χ4v) is 1.01. The SMILES string of the molecule is CC.Cc1ccc(N)c(C)c1Cl. The molecule has 12 heavy (non-hydrogen) atoms. The van der Waals surface area contributed by atoms with Crippen molar-refractivity contribution in [3.05, 3.63) is 28.3 Å². The van der Waals surface area contributed by atoms with Gasteiger partial charge in [0, 0.05) is 10.7 Å². The van der Waals surface area contributed by atoms with Gasteiger partial charge in [-0.2, -0.15) is 0 Å². The van der Waals surface area contributed by atoms with Crippen LogP contribution < -0.4 is 5.73 Å². The maximum absolute atomic E-state index is 5.90. The number of halogens is 1. The summed E-state index contributed by atoms with van der Waals surface area (Å²) in [7, 11) is 0. The van der Waals surface area contributed by atoms with Crippen LogP contribution in [0.4, 0.5) is 5.69 Å². The Morgan fingerprint density at radius 1 is 1.17 bits per heavy atom. The molecule has 68 valence electrons. The lowest BCUT2D eigenvalue weighted by molar-refractivity contribution is 1.39. The molecule has 0 fully saturated rings. The van der Waals surface area contributed by atoms with E-state index in [1.165, 1.54) is 0 Å². The largest absolute Gasteiger partial charge is 0.398 e. The highest BCUT2D eigenvalue weighted by Crippen LogP contribution is 2.24. The zero-order valence-electron chi connectivity index (χ0n) is 8.11. The molecule has 0 saturated carbocycles. The van der Waals surface area contributed by atoms with E-state index in [-0.39, 0.29) is 0 Å². The van der Waals surface area contributed by atoms with E-state index in [0.717, 1.165) is 21.8 Å². The van der Waals surface area contributed by atoms with E-state index < -0.39 is 0 Å². The monoisotopic (exact) mass is 185 g/mol. The third-order valence-electron chi connectivity index (χ3n) is 1.62. The Morgan fingerprint density at radius 2 is 1.67 bits per heavy atom. The van der Waals surface area contributed by atoms with Gasteiger partial charge in [-0.3, -0.25) is 0 Å². The van der Waals surface area contributed by atoms with E-state index in [9.17, 15) is 0 Å². The van der Waals surface area contributed by atoms with E-state index in [4.69, 9.17) is 17.3 Å². The summed E-state index contributed by atoms with van der Waals surface area (Å²) >= 11 is 5.90. The van der Waals surface area contributed by atoms with Crippen LogP contribution in [0.2, 0.25) is 5.02 Å². The maximum Gasteiger partial charge on any atom is 0.0484 e. The van der Waals surface area contributed by atoms with Crippen LogP contribution in [0.25, 0.3) is 0 Å². The normalized spacial score (nSPS) is 8.75. The maximum atomic E-state index is 5.90. The molecule has 1 aromatic carbocycles. The average Bonchev–Trinajstić information content (AvgIpc) is 2.12. The topological polar surface area (TPSA) is 26.0 Å². The molecule has 1 nitrogen and oxygen atoms in total. The fraction of sp³-hybridized carbons (Fsp3) is 0.400. The fourth-order valence-electron chi connectivity index (χ4n) is 0.835. The van der Waals surface area contributed by atoms with Gasteiger partial charge in [0.05, 0.1) is 0 Å². The van der Waals surface area contributed by atoms with Crippen LogP contribution in [0.3, 0.4) is 0 Å². The van der Waals surface area contributed by atoms with E-state index in [1.54, 1.807) is 0 Å². The first-order valence-corrected chi connectivity index (χ1v) is 4.52. The van der Waals surface area contributed by atoms with E-state index in [0.29, 0.717) is 0 Å². The van der Waals surface area contributed by atoms with Crippen molar-refractivity contribution < 1.29 is 0 Å². The summed E-state index contributed by atoms with van der Waals surface area (Å²) < 4.78 is 0. The third kappa shape index (κ3) is 2.42. The molecule has 0 saturated heterocycles. The van der Waals surface area contributed by atoms with Crippen LogP contribution in [-0.4, -0.2) is 0 Å². The highest BCUT2D eigenvalue weighted by molar-refractivity contribution is 6.32. The van der Waals surface area contributed by atoms with Gasteiger partial charge in [0.15, 0.2) is 0 Å². The van der Waals surface area contributed by atoms with Gasteiger partial charge in [-0.15, -0.1) is 0 Å². The molecule has 2 heteroatoms. The summed E-state index contributed by atoms with van der Waals surface area (Å²) in [5.74, 6) is 0. The number of anilines is 1. The number of nitrogen functional groups attached to an aromatic ring is 1. The van der Waals surface area contributed by atoms with Crippen LogP contribution in [-0.2, 0) is 0 Å². The van der Waals surface area contributed by atoms with E-state index in [1.807, 2.05) is 39.8 Å². The summed E-state index contributed by atoms with van der Waals surface area (Å²) in [6, 6.07) is 3.79.